The summed E-state index contributed by atoms with van der Waals surface area (Å²) in [6.07, 6.45) is 4.63. The van der Waals surface area contributed by atoms with Crippen molar-refractivity contribution in [3.63, 3.8) is 0 Å². The number of methoxy groups -OCH3 is 1. The zero-order valence-corrected chi connectivity index (χ0v) is 10.6. The minimum atomic E-state index is -0.503. The molecule has 0 radical (unpaired) electrons. The highest BCUT2D eigenvalue weighted by molar-refractivity contribution is 5.07. The van der Waals surface area contributed by atoms with Crippen molar-refractivity contribution in [1.29, 1.82) is 0 Å². The van der Waals surface area contributed by atoms with Gasteiger partial charge in [0.25, 0.3) is 0 Å². The van der Waals surface area contributed by atoms with Crippen molar-refractivity contribution in [3.05, 3.63) is 18.0 Å². The molecule has 1 heterocycles. The fourth-order valence-corrected chi connectivity index (χ4v) is 1.64. The van der Waals surface area contributed by atoms with Gasteiger partial charge in [0, 0.05) is 26.3 Å². The third kappa shape index (κ3) is 2.83. The van der Waals surface area contributed by atoms with E-state index >= 15 is 0 Å². The number of aliphatic hydroxyl groups is 1. The van der Waals surface area contributed by atoms with Crippen LogP contribution in [-0.2, 0) is 17.7 Å². The van der Waals surface area contributed by atoms with Crippen LogP contribution in [0.1, 0.15) is 32.8 Å². The van der Waals surface area contributed by atoms with Crippen molar-refractivity contribution in [1.82, 2.24) is 9.78 Å². The maximum atomic E-state index is 10.1. The van der Waals surface area contributed by atoms with E-state index in [1.54, 1.807) is 13.3 Å². The lowest BCUT2D eigenvalue weighted by Crippen LogP contribution is -2.41. The molecule has 0 amide bonds. The van der Waals surface area contributed by atoms with Gasteiger partial charge in [-0.15, -0.1) is 0 Å². The van der Waals surface area contributed by atoms with E-state index in [0.29, 0.717) is 6.42 Å². The average Bonchev–Trinajstić information content (AvgIpc) is 2.75. The molecule has 0 aromatic carbocycles. The fraction of sp³-hybridized carbons (Fsp3) is 0.750. The van der Waals surface area contributed by atoms with Gasteiger partial charge in [-0.1, -0.05) is 6.92 Å². The van der Waals surface area contributed by atoms with E-state index in [0.717, 1.165) is 18.5 Å². The molecular weight excluding hydrogens is 204 g/mol. The Morgan fingerprint density at radius 3 is 2.69 bits per heavy atom. The highest BCUT2D eigenvalue weighted by atomic mass is 16.5. The molecule has 0 fully saturated rings. The lowest BCUT2D eigenvalue weighted by molar-refractivity contribution is -0.0914. The van der Waals surface area contributed by atoms with Crippen molar-refractivity contribution in [2.75, 3.05) is 7.11 Å². The minimum absolute atomic E-state index is 0.478. The Hall–Kier alpha value is -0.870. The fourth-order valence-electron chi connectivity index (χ4n) is 1.64. The summed E-state index contributed by atoms with van der Waals surface area (Å²) in [7, 11) is 1.64. The van der Waals surface area contributed by atoms with Gasteiger partial charge in [-0.2, -0.15) is 5.10 Å². The van der Waals surface area contributed by atoms with Crippen LogP contribution in [0.2, 0.25) is 0 Å². The number of ether oxygens (including phenoxy) is 1. The number of aliphatic hydroxyl groups excluding tert-OH is 1. The van der Waals surface area contributed by atoms with Crippen LogP contribution in [0.5, 0.6) is 0 Å². The molecule has 0 aliphatic carbocycles. The van der Waals surface area contributed by atoms with E-state index in [4.69, 9.17) is 4.74 Å². The van der Waals surface area contributed by atoms with Gasteiger partial charge < -0.3 is 9.84 Å². The Labute approximate surface area is 97.2 Å². The summed E-state index contributed by atoms with van der Waals surface area (Å²) in [6.45, 7) is 6.84. The highest BCUT2D eigenvalue weighted by Gasteiger charge is 2.31. The topological polar surface area (TPSA) is 47.3 Å². The van der Waals surface area contributed by atoms with Crippen LogP contribution >= 0.6 is 0 Å². The lowest BCUT2D eigenvalue weighted by atomic mass is 9.92. The second kappa shape index (κ2) is 5.46. The number of hydrogen-bond acceptors (Lipinski definition) is 3. The molecule has 2 unspecified atom stereocenters. The summed E-state index contributed by atoms with van der Waals surface area (Å²) >= 11 is 0. The number of hydrogen-bond donors (Lipinski definition) is 1. The Balaban J connectivity index is 2.66. The zero-order valence-electron chi connectivity index (χ0n) is 10.6. The first kappa shape index (κ1) is 13.2. The molecule has 1 aromatic heterocycles. The van der Waals surface area contributed by atoms with Crippen LogP contribution in [0.4, 0.5) is 0 Å². The van der Waals surface area contributed by atoms with Crippen molar-refractivity contribution >= 4 is 0 Å². The molecular formula is C12H22N2O2. The Kier molecular flexibility index (Phi) is 4.50. The second-order valence-corrected chi connectivity index (χ2v) is 4.29. The normalized spacial score (nSPS) is 17.1. The van der Waals surface area contributed by atoms with E-state index in [1.165, 1.54) is 0 Å². The van der Waals surface area contributed by atoms with Gasteiger partial charge >= 0.3 is 0 Å². The molecule has 92 valence electrons. The first-order valence-electron chi connectivity index (χ1n) is 5.80. The minimum Gasteiger partial charge on any atom is -0.390 e. The summed E-state index contributed by atoms with van der Waals surface area (Å²) in [5.41, 5.74) is 0.569. The molecule has 0 spiro atoms. The van der Waals surface area contributed by atoms with Gasteiger partial charge in [-0.25, -0.2) is 0 Å². The number of aryl methyl sites for hydroxylation is 1. The van der Waals surface area contributed by atoms with Gasteiger partial charge in [-0.05, 0) is 25.8 Å². The van der Waals surface area contributed by atoms with Crippen molar-refractivity contribution in [2.45, 2.75) is 51.9 Å². The Bertz CT molecular complexity index is 319. The van der Waals surface area contributed by atoms with Gasteiger partial charge in [-0.3, -0.25) is 4.68 Å². The van der Waals surface area contributed by atoms with Crippen LogP contribution in [0.15, 0.2) is 12.4 Å². The highest BCUT2D eigenvalue weighted by Crippen LogP contribution is 2.22. The molecule has 1 aromatic rings. The maximum Gasteiger partial charge on any atom is 0.0909 e. The number of nitrogens with zero attached hydrogens (tertiary/aromatic N) is 2. The Morgan fingerprint density at radius 1 is 1.56 bits per heavy atom. The van der Waals surface area contributed by atoms with Crippen LogP contribution < -0.4 is 0 Å². The third-order valence-corrected chi connectivity index (χ3v) is 3.31. The lowest BCUT2D eigenvalue weighted by Gasteiger charge is -2.31. The predicted molar refractivity (Wildman–Crippen MR) is 63.3 cm³/mol. The van der Waals surface area contributed by atoms with Crippen LogP contribution in [0.25, 0.3) is 0 Å². The van der Waals surface area contributed by atoms with Crippen LogP contribution in [-0.4, -0.2) is 33.7 Å². The van der Waals surface area contributed by atoms with Crippen molar-refractivity contribution in [3.8, 4) is 0 Å². The molecule has 0 saturated carbocycles. The van der Waals surface area contributed by atoms with E-state index in [2.05, 4.69) is 5.10 Å². The third-order valence-electron chi connectivity index (χ3n) is 3.31. The maximum absolute atomic E-state index is 10.1. The molecule has 0 bridgehead atoms. The Morgan fingerprint density at radius 2 is 2.25 bits per heavy atom. The van der Waals surface area contributed by atoms with Crippen LogP contribution in [0, 0.1) is 0 Å². The van der Waals surface area contributed by atoms with Gasteiger partial charge in [0.15, 0.2) is 0 Å². The average molecular weight is 226 g/mol. The summed E-state index contributed by atoms with van der Waals surface area (Å²) in [6, 6.07) is 0. The summed E-state index contributed by atoms with van der Waals surface area (Å²) < 4.78 is 7.24. The quantitative estimate of drug-likeness (QED) is 0.802. The monoisotopic (exact) mass is 226 g/mol. The van der Waals surface area contributed by atoms with Gasteiger partial charge in [0.05, 0.1) is 17.9 Å². The second-order valence-electron chi connectivity index (χ2n) is 4.29. The van der Waals surface area contributed by atoms with Crippen molar-refractivity contribution < 1.29 is 9.84 Å². The molecule has 4 heteroatoms. The summed E-state index contributed by atoms with van der Waals surface area (Å²) in [5, 5.41) is 14.3. The molecule has 2 atom stereocenters. The zero-order chi connectivity index (χ0) is 12.2. The summed E-state index contributed by atoms with van der Waals surface area (Å²) in [5.74, 6) is 0. The van der Waals surface area contributed by atoms with Gasteiger partial charge in [0.1, 0.15) is 0 Å². The first-order chi connectivity index (χ1) is 7.55. The first-order valence-corrected chi connectivity index (χ1v) is 5.80. The van der Waals surface area contributed by atoms with E-state index in [1.807, 2.05) is 31.6 Å². The molecule has 1 N–H and O–H groups in total. The molecule has 0 saturated heterocycles. The number of aromatic nitrogens is 2. The van der Waals surface area contributed by atoms with E-state index < -0.39 is 11.7 Å². The molecule has 16 heavy (non-hydrogen) atoms. The SMILES string of the molecule is CCn1cc(CC(O)C(C)(CC)OC)cn1. The predicted octanol–water partition coefficient (Wildman–Crippen LogP) is 1.62. The molecule has 0 aliphatic rings. The van der Waals surface area contributed by atoms with E-state index in [9.17, 15) is 5.11 Å². The summed E-state index contributed by atoms with van der Waals surface area (Å²) in [4.78, 5) is 0. The number of rotatable bonds is 6. The van der Waals surface area contributed by atoms with Crippen LogP contribution in [0.3, 0.4) is 0 Å². The molecule has 0 aliphatic heterocycles. The molecule has 1 rings (SSSR count). The standard InChI is InChI=1S/C12H22N2O2/c1-5-12(3,16-4)11(15)7-10-8-13-14(6-2)9-10/h8-9,11,15H,5-7H2,1-4H3. The van der Waals surface area contributed by atoms with E-state index in [-0.39, 0.29) is 0 Å². The van der Waals surface area contributed by atoms with Crippen molar-refractivity contribution in [2.24, 2.45) is 0 Å². The smallest absolute Gasteiger partial charge is 0.0909 e. The van der Waals surface area contributed by atoms with Gasteiger partial charge in [0.2, 0.25) is 0 Å². The molecule has 4 nitrogen and oxygen atoms in total. The largest absolute Gasteiger partial charge is 0.390 e.